The van der Waals surface area contributed by atoms with Crippen LogP contribution in [0.2, 0.25) is 0 Å². The molecule has 3 nitrogen and oxygen atoms in total. The van der Waals surface area contributed by atoms with Gasteiger partial charge in [0.2, 0.25) is 0 Å². The van der Waals surface area contributed by atoms with Gasteiger partial charge in [-0.15, -0.1) is 11.8 Å². The van der Waals surface area contributed by atoms with E-state index >= 15 is 0 Å². The highest BCUT2D eigenvalue weighted by molar-refractivity contribution is 7.99. The number of aromatic carboxylic acids is 1. The van der Waals surface area contributed by atoms with Crippen molar-refractivity contribution in [3.63, 3.8) is 0 Å². The zero-order valence-corrected chi connectivity index (χ0v) is 11.6. The first-order valence-corrected chi connectivity index (χ1v) is 7.30. The second-order valence-corrected chi connectivity index (χ2v) is 5.27. The van der Waals surface area contributed by atoms with Crippen LogP contribution < -0.4 is 0 Å². The SMILES string of the molecule is O=C(O)c1ccc(CSCC(=O)c2ccccc2)cc1. The van der Waals surface area contributed by atoms with Gasteiger partial charge < -0.3 is 5.11 Å². The van der Waals surface area contributed by atoms with E-state index in [1.807, 2.05) is 30.3 Å². The Labute approximate surface area is 121 Å². The maximum absolute atomic E-state index is 11.9. The third-order valence-corrected chi connectivity index (χ3v) is 3.80. The molecule has 2 rings (SSSR count). The number of ketones is 1. The monoisotopic (exact) mass is 286 g/mol. The summed E-state index contributed by atoms with van der Waals surface area (Å²) in [7, 11) is 0. The molecule has 0 spiro atoms. The van der Waals surface area contributed by atoms with Crippen LogP contribution in [0.3, 0.4) is 0 Å². The van der Waals surface area contributed by atoms with Gasteiger partial charge in [-0.2, -0.15) is 0 Å². The van der Waals surface area contributed by atoms with Crippen molar-refractivity contribution >= 4 is 23.5 Å². The van der Waals surface area contributed by atoms with Gasteiger partial charge >= 0.3 is 5.97 Å². The van der Waals surface area contributed by atoms with E-state index in [-0.39, 0.29) is 11.3 Å². The number of benzene rings is 2. The molecule has 0 aliphatic heterocycles. The van der Waals surface area contributed by atoms with E-state index in [1.165, 1.54) is 11.8 Å². The zero-order valence-electron chi connectivity index (χ0n) is 10.8. The molecule has 2 aromatic carbocycles. The number of thioether (sulfide) groups is 1. The first-order chi connectivity index (χ1) is 9.66. The van der Waals surface area contributed by atoms with Gasteiger partial charge in [0, 0.05) is 11.3 Å². The average molecular weight is 286 g/mol. The fraction of sp³-hybridized carbons (Fsp3) is 0.125. The van der Waals surface area contributed by atoms with Crippen molar-refractivity contribution in [2.45, 2.75) is 5.75 Å². The molecule has 0 saturated carbocycles. The Morgan fingerprint density at radius 2 is 1.55 bits per heavy atom. The Balaban J connectivity index is 1.84. The lowest BCUT2D eigenvalue weighted by Crippen LogP contribution is -2.02. The van der Waals surface area contributed by atoms with Crippen LogP contribution in [-0.2, 0) is 5.75 Å². The molecule has 0 atom stereocenters. The molecule has 0 amide bonds. The standard InChI is InChI=1S/C16H14O3S/c17-15(13-4-2-1-3-5-13)11-20-10-12-6-8-14(9-7-12)16(18)19/h1-9H,10-11H2,(H,18,19). The Kier molecular flexibility index (Phi) is 4.96. The summed E-state index contributed by atoms with van der Waals surface area (Å²) in [6, 6.07) is 15.9. The molecule has 4 heteroatoms. The molecule has 0 heterocycles. The van der Waals surface area contributed by atoms with Crippen LogP contribution >= 0.6 is 11.8 Å². The van der Waals surface area contributed by atoms with Gasteiger partial charge in [0.05, 0.1) is 11.3 Å². The summed E-state index contributed by atoms with van der Waals surface area (Å²) in [6.45, 7) is 0. The maximum atomic E-state index is 11.9. The fourth-order valence-electron chi connectivity index (χ4n) is 1.71. The van der Waals surface area contributed by atoms with Crippen LogP contribution in [0.5, 0.6) is 0 Å². The maximum Gasteiger partial charge on any atom is 0.335 e. The lowest BCUT2D eigenvalue weighted by Gasteiger charge is -2.03. The van der Waals surface area contributed by atoms with Crippen molar-refractivity contribution in [2.75, 3.05) is 5.75 Å². The minimum Gasteiger partial charge on any atom is -0.478 e. The minimum absolute atomic E-state index is 0.109. The van der Waals surface area contributed by atoms with Gasteiger partial charge in [-0.3, -0.25) is 4.79 Å². The number of rotatable bonds is 6. The van der Waals surface area contributed by atoms with Gasteiger partial charge in [0.25, 0.3) is 0 Å². The largest absolute Gasteiger partial charge is 0.478 e. The van der Waals surface area contributed by atoms with Crippen molar-refractivity contribution < 1.29 is 14.7 Å². The molecule has 2 aromatic rings. The van der Waals surface area contributed by atoms with Crippen LogP contribution in [0.25, 0.3) is 0 Å². The summed E-state index contributed by atoms with van der Waals surface area (Å²) in [5.74, 6) is 0.296. The molecule has 102 valence electrons. The quantitative estimate of drug-likeness (QED) is 0.826. The zero-order chi connectivity index (χ0) is 14.4. The van der Waals surface area contributed by atoms with E-state index in [2.05, 4.69) is 0 Å². The summed E-state index contributed by atoms with van der Waals surface area (Å²) < 4.78 is 0. The van der Waals surface area contributed by atoms with Crippen LogP contribution in [0.15, 0.2) is 54.6 Å². The molecule has 1 N–H and O–H groups in total. The smallest absolute Gasteiger partial charge is 0.335 e. The highest BCUT2D eigenvalue weighted by atomic mass is 32.2. The summed E-state index contributed by atoms with van der Waals surface area (Å²) in [5.41, 5.74) is 2.01. The Bertz CT molecular complexity index is 591. The molecular formula is C16H14O3S. The Morgan fingerprint density at radius 3 is 2.15 bits per heavy atom. The van der Waals surface area contributed by atoms with Gasteiger partial charge in [-0.25, -0.2) is 4.79 Å². The van der Waals surface area contributed by atoms with Gasteiger partial charge in [0.1, 0.15) is 0 Å². The summed E-state index contributed by atoms with van der Waals surface area (Å²) in [5, 5.41) is 8.80. The number of carboxylic acid groups (broad SMARTS) is 1. The van der Waals surface area contributed by atoms with E-state index < -0.39 is 5.97 Å². The van der Waals surface area contributed by atoms with Crippen molar-refractivity contribution in [1.29, 1.82) is 0 Å². The molecule has 20 heavy (non-hydrogen) atoms. The third-order valence-electron chi connectivity index (χ3n) is 2.80. The van der Waals surface area contributed by atoms with Crippen LogP contribution in [0, 0.1) is 0 Å². The van der Waals surface area contributed by atoms with Crippen LogP contribution in [-0.4, -0.2) is 22.6 Å². The molecule has 0 saturated heterocycles. The topological polar surface area (TPSA) is 54.4 Å². The van der Waals surface area contributed by atoms with E-state index in [1.54, 1.807) is 24.3 Å². The highest BCUT2D eigenvalue weighted by Crippen LogP contribution is 2.15. The molecule has 0 bridgehead atoms. The number of hydrogen-bond donors (Lipinski definition) is 1. The Morgan fingerprint density at radius 1 is 0.900 bits per heavy atom. The fourth-order valence-corrected chi connectivity index (χ4v) is 2.59. The number of carbonyl (C=O) groups excluding carboxylic acids is 1. The first-order valence-electron chi connectivity index (χ1n) is 6.15. The summed E-state index contributed by atoms with van der Waals surface area (Å²) >= 11 is 1.53. The Hall–Kier alpha value is -2.07. The minimum atomic E-state index is -0.927. The summed E-state index contributed by atoms with van der Waals surface area (Å²) in [4.78, 5) is 22.6. The number of carbonyl (C=O) groups is 2. The summed E-state index contributed by atoms with van der Waals surface area (Å²) in [6.07, 6.45) is 0. The molecule has 0 aromatic heterocycles. The average Bonchev–Trinajstić information content (AvgIpc) is 2.48. The predicted molar refractivity (Wildman–Crippen MR) is 80.3 cm³/mol. The van der Waals surface area contributed by atoms with Gasteiger partial charge in [0.15, 0.2) is 5.78 Å². The van der Waals surface area contributed by atoms with E-state index in [9.17, 15) is 9.59 Å². The third kappa shape index (κ3) is 3.96. The number of Topliss-reactive ketones (excluding diaryl/α,β-unsaturated/α-hetero) is 1. The second kappa shape index (κ2) is 6.91. The normalized spacial score (nSPS) is 10.2. The van der Waals surface area contributed by atoms with E-state index in [0.29, 0.717) is 11.5 Å². The van der Waals surface area contributed by atoms with Crippen molar-refractivity contribution in [2.24, 2.45) is 0 Å². The van der Waals surface area contributed by atoms with E-state index in [0.717, 1.165) is 11.1 Å². The lowest BCUT2D eigenvalue weighted by molar-refractivity contribution is 0.0696. The second-order valence-electron chi connectivity index (χ2n) is 4.28. The molecule has 0 radical (unpaired) electrons. The van der Waals surface area contributed by atoms with Crippen LogP contribution in [0.1, 0.15) is 26.3 Å². The number of carboxylic acids is 1. The van der Waals surface area contributed by atoms with E-state index in [4.69, 9.17) is 5.11 Å². The molecule has 0 fully saturated rings. The van der Waals surface area contributed by atoms with Crippen molar-refractivity contribution in [3.05, 3.63) is 71.3 Å². The first kappa shape index (κ1) is 14.3. The van der Waals surface area contributed by atoms with Crippen LogP contribution in [0.4, 0.5) is 0 Å². The van der Waals surface area contributed by atoms with Crippen molar-refractivity contribution in [3.8, 4) is 0 Å². The van der Waals surface area contributed by atoms with Gasteiger partial charge in [-0.05, 0) is 17.7 Å². The lowest BCUT2D eigenvalue weighted by atomic mass is 10.1. The highest BCUT2D eigenvalue weighted by Gasteiger charge is 2.06. The van der Waals surface area contributed by atoms with Crippen molar-refractivity contribution in [1.82, 2.24) is 0 Å². The molecule has 0 unspecified atom stereocenters. The van der Waals surface area contributed by atoms with Gasteiger partial charge in [-0.1, -0.05) is 42.5 Å². The molecule has 0 aliphatic carbocycles. The molecule has 0 aliphatic rings. The number of hydrogen-bond acceptors (Lipinski definition) is 3. The predicted octanol–water partition coefficient (Wildman–Crippen LogP) is 3.50. The molecular weight excluding hydrogens is 272 g/mol.